The third-order valence-electron chi connectivity index (χ3n) is 5.27. The van der Waals surface area contributed by atoms with Crippen LogP contribution in [0.3, 0.4) is 0 Å². The van der Waals surface area contributed by atoms with E-state index in [4.69, 9.17) is 4.74 Å². The first-order chi connectivity index (χ1) is 9.83. The molecule has 20 heavy (non-hydrogen) atoms. The number of aromatic amines is 1. The average Bonchev–Trinajstić information content (AvgIpc) is 3.19. The summed E-state index contributed by atoms with van der Waals surface area (Å²) in [7, 11) is 1.72. The van der Waals surface area contributed by atoms with Crippen molar-refractivity contribution in [2.75, 3.05) is 7.11 Å². The van der Waals surface area contributed by atoms with E-state index in [1.807, 2.05) is 6.07 Å². The predicted molar refractivity (Wildman–Crippen MR) is 80.9 cm³/mol. The van der Waals surface area contributed by atoms with Crippen LogP contribution in [0.5, 0.6) is 5.75 Å². The Labute approximate surface area is 119 Å². The second kappa shape index (κ2) is 4.81. The first-order valence-electron chi connectivity index (χ1n) is 7.71. The summed E-state index contributed by atoms with van der Waals surface area (Å²) in [4.78, 5) is 3.35. The van der Waals surface area contributed by atoms with Crippen LogP contribution in [0, 0.1) is 11.8 Å². The Morgan fingerprint density at radius 3 is 3.00 bits per heavy atom. The van der Waals surface area contributed by atoms with Gasteiger partial charge in [-0.1, -0.05) is 6.42 Å². The second-order valence-corrected chi connectivity index (χ2v) is 6.39. The maximum absolute atomic E-state index is 5.33. The molecule has 2 bridgehead atoms. The van der Waals surface area contributed by atoms with Crippen molar-refractivity contribution in [1.29, 1.82) is 0 Å². The van der Waals surface area contributed by atoms with Gasteiger partial charge in [-0.2, -0.15) is 0 Å². The van der Waals surface area contributed by atoms with Crippen LogP contribution in [0.25, 0.3) is 10.9 Å². The molecule has 2 aliphatic carbocycles. The van der Waals surface area contributed by atoms with E-state index in [0.717, 1.165) is 30.2 Å². The molecular formula is C17H22N2O. The van der Waals surface area contributed by atoms with Crippen LogP contribution in [0.15, 0.2) is 24.4 Å². The topological polar surface area (TPSA) is 37.0 Å². The van der Waals surface area contributed by atoms with Crippen molar-refractivity contribution in [2.45, 2.75) is 38.3 Å². The fraction of sp³-hybridized carbons (Fsp3) is 0.529. The number of nitrogens with one attached hydrogen (secondary N) is 2. The highest BCUT2D eigenvalue weighted by Crippen LogP contribution is 2.44. The Morgan fingerprint density at radius 2 is 2.25 bits per heavy atom. The van der Waals surface area contributed by atoms with Gasteiger partial charge in [0.1, 0.15) is 5.75 Å². The van der Waals surface area contributed by atoms with E-state index in [0.29, 0.717) is 0 Å². The van der Waals surface area contributed by atoms with E-state index in [9.17, 15) is 0 Å². The molecule has 106 valence electrons. The Kier molecular flexibility index (Phi) is 2.95. The number of rotatable bonds is 4. The number of hydrogen-bond donors (Lipinski definition) is 2. The lowest BCUT2D eigenvalue weighted by Crippen LogP contribution is -2.33. The largest absolute Gasteiger partial charge is 0.497 e. The zero-order valence-corrected chi connectivity index (χ0v) is 12.0. The Morgan fingerprint density at radius 1 is 1.30 bits per heavy atom. The number of H-pyrrole nitrogens is 1. The van der Waals surface area contributed by atoms with E-state index < -0.39 is 0 Å². The Hall–Kier alpha value is -1.48. The fourth-order valence-electron chi connectivity index (χ4n) is 4.17. The molecule has 3 nitrogen and oxygen atoms in total. The van der Waals surface area contributed by atoms with Crippen LogP contribution in [0.4, 0.5) is 0 Å². The Bertz CT molecular complexity index is 618. The summed E-state index contributed by atoms with van der Waals surface area (Å²) >= 11 is 0. The first-order valence-corrected chi connectivity index (χ1v) is 7.71. The lowest BCUT2D eigenvalue weighted by Gasteiger charge is -2.22. The maximum Gasteiger partial charge on any atom is 0.119 e. The number of hydrogen-bond acceptors (Lipinski definition) is 2. The minimum Gasteiger partial charge on any atom is -0.497 e. The lowest BCUT2D eigenvalue weighted by atomic mass is 9.95. The third kappa shape index (κ3) is 2.01. The molecule has 2 aromatic rings. The predicted octanol–water partition coefficient (Wildman–Crippen LogP) is 3.45. The number of ether oxygens (including phenoxy) is 1. The van der Waals surface area contributed by atoms with E-state index in [1.54, 1.807) is 7.11 Å². The normalized spacial score (nSPS) is 28.4. The summed E-state index contributed by atoms with van der Waals surface area (Å²) in [5, 5.41) is 5.06. The van der Waals surface area contributed by atoms with Gasteiger partial charge >= 0.3 is 0 Å². The Balaban J connectivity index is 1.51. The van der Waals surface area contributed by atoms with Crippen LogP contribution in [-0.2, 0) is 6.54 Å². The smallest absolute Gasteiger partial charge is 0.119 e. The van der Waals surface area contributed by atoms with Crippen molar-refractivity contribution in [3.63, 3.8) is 0 Å². The maximum atomic E-state index is 5.33. The van der Waals surface area contributed by atoms with Gasteiger partial charge in [0.15, 0.2) is 0 Å². The summed E-state index contributed by atoms with van der Waals surface area (Å²) in [6, 6.07) is 6.97. The van der Waals surface area contributed by atoms with Gasteiger partial charge in [-0.3, -0.25) is 0 Å². The van der Waals surface area contributed by atoms with Gasteiger partial charge in [0.2, 0.25) is 0 Å². The number of benzene rings is 1. The quantitative estimate of drug-likeness (QED) is 0.892. The average molecular weight is 270 g/mol. The van der Waals surface area contributed by atoms with Crippen LogP contribution < -0.4 is 10.1 Å². The highest BCUT2D eigenvalue weighted by molar-refractivity contribution is 5.84. The monoisotopic (exact) mass is 270 g/mol. The van der Waals surface area contributed by atoms with Crippen molar-refractivity contribution in [1.82, 2.24) is 10.3 Å². The van der Waals surface area contributed by atoms with Crippen molar-refractivity contribution in [2.24, 2.45) is 11.8 Å². The molecule has 0 spiro atoms. The van der Waals surface area contributed by atoms with Crippen LogP contribution in [0.1, 0.15) is 31.2 Å². The van der Waals surface area contributed by atoms with Crippen molar-refractivity contribution in [3.8, 4) is 5.75 Å². The molecule has 0 saturated heterocycles. The molecule has 2 saturated carbocycles. The van der Waals surface area contributed by atoms with E-state index in [-0.39, 0.29) is 0 Å². The molecule has 2 fully saturated rings. The van der Waals surface area contributed by atoms with E-state index >= 15 is 0 Å². The van der Waals surface area contributed by atoms with Crippen LogP contribution >= 0.6 is 0 Å². The molecule has 1 heterocycles. The summed E-state index contributed by atoms with van der Waals surface area (Å²) < 4.78 is 5.33. The molecule has 1 aromatic carbocycles. The van der Waals surface area contributed by atoms with Crippen LogP contribution in [0.2, 0.25) is 0 Å². The highest BCUT2D eigenvalue weighted by atomic mass is 16.5. The summed E-state index contributed by atoms with van der Waals surface area (Å²) in [5.74, 6) is 2.86. The number of aromatic nitrogens is 1. The van der Waals surface area contributed by atoms with Crippen molar-refractivity contribution in [3.05, 3.63) is 30.0 Å². The summed E-state index contributed by atoms with van der Waals surface area (Å²) in [6.45, 7) is 0.959. The zero-order valence-electron chi connectivity index (χ0n) is 12.0. The number of fused-ring (bicyclic) bond motifs is 3. The summed E-state index contributed by atoms with van der Waals surface area (Å²) in [5.41, 5.74) is 2.54. The van der Waals surface area contributed by atoms with Gasteiger partial charge in [0, 0.05) is 29.7 Å². The standard InChI is InChI=1S/C17H22N2O/c1-20-14-4-5-16-15(8-14)13(9-18-16)10-19-17-7-11-2-3-12(17)6-11/h4-5,8-9,11-12,17-19H,2-3,6-7,10H2,1H3/t11-,12+,17+/m0/s1. The minimum atomic E-state index is 0.740. The van der Waals surface area contributed by atoms with Crippen molar-refractivity contribution >= 4 is 10.9 Å². The third-order valence-corrected chi connectivity index (χ3v) is 5.27. The SMILES string of the molecule is COc1ccc2[nH]cc(CN[C@@H]3C[C@H]4CC[C@@H]3C4)c2c1. The molecule has 0 unspecified atom stereocenters. The second-order valence-electron chi connectivity index (χ2n) is 6.39. The van der Waals surface area contributed by atoms with Gasteiger partial charge < -0.3 is 15.0 Å². The first kappa shape index (κ1) is 12.3. The molecule has 0 radical (unpaired) electrons. The van der Waals surface area contributed by atoms with Gasteiger partial charge in [-0.15, -0.1) is 0 Å². The highest BCUT2D eigenvalue weighted by Gasteiger charge is 2.38. The summed E-state index contributed by atoms with van der Waals surface area (Å²) in [6.07, 6.45) is 7.87. The molecule has 2 N–H and O–H groups in total. The van der Waals surface area contributed by atoms with Gasteiger partial charge in [0.25, 0.3) is 0 Å². The van der Waals surface area contributed by atoms with Gasteiger partial charge in [-0.05, 0) is 54.9 Å². The van der Waals surface area contributed by atoms with Crippen molar-refractivity contribution < 1.29 is 4.74 Å². The molecule has 3 heteroatoms. The molecule has 4 rings (SSSR count). The molecule has 2 aliphatic rings. The fourth-order valence-corrected chi connectivity index (χ4v) is 4.17. The van der Waals surface area contributed by atoms with E-state index in [1.165, 1.54) is 42.1 Å². The molecular weight excluding hydrogens is 248 g/mol. The minimum absolute atomic E-state index is 0.740. The number of methoxy groups -OCH3 is 1. The van der Waals surface area contributed by atoms with Crippen LogP contribution in [-0.4, -0.2) is 18.1 Å². The lowest BCUT2D eigenvalue weighted by molar-refractivity contribution is 0.351. The molecule has 1 aromatic heterocycles. The van der Waals surface area contributed by atoms with Gasteiger partial charge in [-0.25, -0.2) is 0 Å². The van der Waals surface area contributed by atoms with Gasteiger partial charge in [0.05, 0.1) is 7.11 Å². The molecule has 3 atom stereocenters. The van der Waals surface area contributed by atoms with E-state index in [2.05, 4.69) is 28.6 Å². The molecule has 0 amide bonds. The molecule has 0 aliphatic heterocycles. The zero-order chi connectivity index (χ0) is 13.5.